The van der Waals surface area contributed by atoms with Gasteiger partial charge in [-0.15, -0.1) is 0 Å². The van der Waals surface area contributed by atoms with E-state index < -0.39 is 0 Å². The summed E-state index contributed by atoms with van der Waals surface area (Å²) in [6.07, 6.45) is 2.02. The Labute approximate surface area is 102 Å². The lowest BCUT2D eigenvalue weighted by Gasteiger charge is -2.05. The molecule has 4 heteroatoms. The number of benzene rings is 1. The molecule has 1 aliphatic rings. The predicted octanol–water partition coefficient (Wildman–Crippen LogP) is 3.25. The predicted molar refractivity (Wildman–Crippen MR) is 66.9 cm³/mol. The molecule has 1 aliphatic carbocycles. The highest BCUT2D eigenvalue weighted by Gasteiger charge is 2.22. The number of hydrogen-bond donors (Lipinski definition) is 1. The van der Waals surface area contributed by atoms with Gasteiger partial charge in [-0.1, -0.05) is 0 Å². The van der Waals surface area contributed by atoms with Crippen molar-refractivity contribution < 1.29 is 9.53 Å². The van der Waals surface area contributed by atoms with Crippen LogP contribution < -0.4 is 5.32 Å². The van der Waals surface area contributed by atoms with E-state index in [1.807, 2.05) is 24.3 Å². The maximum Gasteiger partial charge on any atom is 0.411 e. The standard InChI is InChI=1S/C11H12INO2/c12-9-3-5-10(6-4-9)13-11(14)15-7-8-1-2-8/h3-6,8H,1-2,7H2,(H,13,14). The zero-order valence-electron chi connectivity index (χ0n) is 8.20. The lowest BCUT2D eigenvalue weighted by molar-refractivity contribution is 0.156. The average Bonchev–Trinajstić information content (AvgIpc) is 3.02. The number of carbonyl (C=O) groups excluding carboxylic acids is 1. The van der Waals surface area contributed by atoms with Gasteiger partial charge in [-0.25, -0.2) is 4.79 Å². The van der Waals surface area contributed by atoms with Crippen LogP contribution in [0.3, 0.4) is 0 Å². The summed E-state index contributed by atoms with van der Waals surface area (Å²) in [7, 11) is 0. The molecule has 0 heterocycles. The summed E-state index contributed by atoms with van der Waals surface area (Å²) in [5, 5.41) is 2.69. The molecule has 0 bridgehead atoms. The summed E-state index contributed by atoms with van der Waals surface area (Å²) in [5.74, 6) is 0.604. The highest BCUT2D eigenvalue weighted by atomic mass is 127. The summed E-state index contributed by atoms with van der Waals surface area (Å²) >= 11 is 2.22. The number of halogens is 1. The van der Waals surface area contributed by atoms with Crippen molar-refractivity contribution in [1.82, 2.24) is 0 Å². The van der Waals surface area contributed by atoms with Gasteiger partial charge in [0.15, 0.2) is 0 Å². The molecule has 1 aromatic rings. The fraction of sp³-hybridized carbons (Fsp3) is 0.364. The Hall–Kier alpha value is -0.780. The molecule has 80 valence electrons. The molecule has 0 atom stereocenters. The summed E-state index contributed by atoms with van der Waals surface area (Å²) in [6, 6.07) is 7.61. The number of carbonyl (C=O) groups is 1. The zero-order valence-corrected chi connectivity index (χ0v) is 10.4. The van der Waals surface area contributed by atoms with Crippen molar-refractivity contribution in [3.8, 4) is 0 Å². The average molecular weight is 317 g/mol. The molecule has 1 N–H and O–H groups in total. The summed E-state index contributed by atoms with van der Waals surface area (Å²) in [5.41, 5.74) is 0.774. The largest absolute Gasteiger partial charge is 0.449 e. The maximum absolute atomic E-state index is 11.3. The van der Waals surface area contributed by atoms with Crippen LogP contribution in [0.1, 0.15) is 12.8 Å². The van der Waals surface area contributed by atoms with Crippen LogP contribution in [-0.2, 0) is 4.74 Å². The number of anilines is 1. The van der Waals surface area contributed by atoms with Gasteiger partial charge in [-0.3, -0.25) is 5.32 Å². The smallest absolute Gasteiger partial charge is 0.411 e. The van der Waals surface area contributed by atoms with Gasteiger partial charge in [0.2, 0.25) is 0 Å². The molecule has 1 fully saturated rings. The van der Waals surface area contributed by atoms with Gasteiger partial charge in [0.1, 0.15) is 0 Å². The molecule has 0 spiro atoms. The Bertz CT molecular complexity index is 346. The first-order valence-electron chi connectivity index (χ1n) is 4.93. The van der Waals surface area contributed by atoms with Gasteiger partial charge in [-0.2, -0.15) is 0 Å². The Morgan fingerprint density at radius 1 is 1.40 bits per heavy atom. The van der Waals surface area contributed by atoms with E-state index in [1.165, 1.54) is 12.8 Å². The summed E-state index contributed by atoms with van der Waals surface area (Å²) in [6.45, 7) is 0.552. The van der Waals surface area contributed by atoms with Crippen LogP contribution in [0.25, 0.3) is 0 Å². The minimum Gasteiger partial charge on any atom is -0.449 e. The van der Waals surface area contributed by atoms with E-state index in [9.17, 15) is 4.79 Å². The molecule has 0 aliphatic heterocycles. The fourth-order valence-electron chi connectivity index (χ4n) is 1.17. The topological polar surface area (TPSA) is 38.3 Å². The second kappa shape index (κ2) is 4.83. The molecule has 0 radical (unpaired) electrons. The van der Waals surface area contributed by atoms with Crippen molar-refractivity contribution in [2.45, 2.75) is 12.8 Å². The van der Waals surface area contributed by atoms with Gasteiger partial charge in [0.05, 0.1) is 6.61 Å². The van der Waals surface area contributed by atoms with E-state index in [4.69, 9.17) is 4.74 Å². The van der Waals surface area contributed by atoms with Gasteiger partial charge in [-0.05, 0) is 65.6 Å². The van der Waals surface area contributed by atoms with Crippen LogP contribution >= 0.6 is 22.6 Å². The molecule has 0 saturated heterocycles. The quantitative estimate of drug-likeness (QED) is 0.869. The molecule has 15 heavy (non-hydrogen) atoms. The van der Waals surface area contributed by atoms with Crippen LogP contribution in [0.4, 0.5) is 10.5 Å². The van der Waals surface area contributed by atoms with Crippen LogP contribution in [-0.4, -0.2) is 12.7 Å². The molecule has 1 amide bonds. The van der Waals surface area contributed by atoms with Gasteiger partial charge >= 0.3 is 6.09 Å². The molecule has 3 nitrogen and oxygen atoms in total. The maximum atomic E-state index is 11.3. The molecule has 0 unspecified atom stereocenters. The lowest BCUT2D eigenvalue weighted by atomic mass is 10.3. The molecule has 1 saturated carbocycles. The van der Waals surface area contributed by atoms with Crippen molar-refractivity contribution >= 4 is 34.4 Å². The Morgan fingerprint density at radius 2 is 2.07 bits per heavy atom. The second-order valence-electron chi connectivity index (χ2n) is 3.67. The van der Waals surface area contributed by atoms with Gasteiger partial charge in [0.25, 0.3) is 0 Å². The number of amides is 1. The van der Waals surface area contributed by atoms with E-state index in [-0.39, 0.29) is 6.09 Å². The third-order valence-electron chi connectivity index (χ3n) is 2.24. The van der Waals surface area contributed by atoms with Crippen LogP contribution in [0, 0.1) is 9.49 Å². The van der Waals surface area contributed by atoms with E-state index >= 15 is 0 Å². The normalized spacial score (nSPS) is 14.7. The third kappa shape index (κ3) is 3.70. The molecular weight excluding hydrogens is 305 g/mol. The van der Waals surface area contributed by atoms with E-state index in [0.29, 0.717) is 12.5 Å². The van der Waals surface area contributed by atoms with E-state index in [2.05, 4.69) is 27.9 Å². The molecule has 1 aromatic carbocycles. The Morgan fingerprint density at radius 3 is 2.67 bits per heavy atom. The van der Waals surface area contributed by atoms with Crippen molar-refractivity contribution in [2.75, 3.05) is 11.9 Å². The number of ether oxygens (including phenoxy) is 1. The SMILES string of the molecule is O=C(Nc1ccc(I)cc1)OCC1CC1. The van der Waals surface area contributed by atoms with E-state index in [1.54, 1.807) is 0 Å². The first-order valence-corrected chi connectivity index (χ1v) is 6.01. The van der Waals surface area contributed by atoms with E-state index in [0.717, 1.165) is 9.26 Å². The first-order chi connectivity index (χ1) is 7.24. The number of rotatable bonds is 3. The number of hydrogen-bond acceptors (Lipinski definition) is 2. The lowest BCUT2D eigenvalue weighted by Crippen LogP contribution is -2.14. The van der Waals surface area contributed by atoms with Crippen molar-refractivity contribution in [3.05, 3.63) is 27.8 Å². The van der Waals surface area contributed by atoms with Gasteiger partial charge in [0, 0.05) is 9.26 Å². The monoisotopic (exact) mass is 317 g/mol. The molecule has 0 aromatic heterocycles. The van der Waals surface area contributed by atoms with Crippen molar-refractivity contribution in [1.29, 1.82) is 0 Å². The fourth-order valence-corrected chi connectivity index (χ4v) is 1.52. The van der Waals surface area contributed by atoms with Gasteiger partial charge < -0.3 is 4.74 Å². The van der Waals surface area contributed by atoms with Crippen molar-refractivity contribution in [2.24, 2.45) is 5.92 Å². The highest BCUT2D eigenvalue weighted by Crippen LogP contribution is 2.28. The van der Waals surface area contributed by atoms with Crippen LogP contribution in [0.5, 0.6) is 0 Å². The highest BCUT2D eigenvalue weighted by molar-refractivity contribution is 14.1. The minimum absolute atomic E-state index is 0.358. The van der Waals surface area contributed by atoms with Crippen LogP contribution in [0.15, 0.2) is 24.3 Å². The Balaban J connectivity index is 1.79. The third-order valence-corrected chi connectivity index (χ3v) is 2.96. The first kappa shape index (κ1) is 10.7. The summed E-state index contributed by atoms with van der Waals surface area (Å²) < 4.78 is 6.19. The van der Waals surface area contributed by atoms with Crippen molar-refractivity contribution in [3.63, 3.8) is 0 Å². The molecule has 2 rings (SSSR count). The molecular formula is C11H12INO2. The summed E-state index contributed by atoms with van der Waals surface area (Å²) in [4.78, 5) is 11.3. The minimum atomic E-state index is -0.358. The Kier molecular flexibility index (Phi) is 3.45. The second-order valence-corrected chi connectivity index (χ2v) is 4.92. The number of nitrogens with one attached hydrogen (secondary N) is 1. The van der Waals surface area contributed by atoms with Crippen LogP contribution in [0.2, 0.25) is 0 Å². The zero-order chi connectivity index (χ0) is 10.7.